The Bertz CT molecular complexity index is 424. The van der Waals surface area contributed by atoms with Gasteiger partial charge in [0.2, 0.25) is 0 Å². The molecule has 0 atom stereocenters. The summed E-state index contributed by atoms with van der Waals surface area (Å²) in [6.07, 6.45) is 0.880. The van der Waals surface area contributed by atoms with E-state index in [1.165, 1.54) is 6.07 Å². The van der Waals surface area contributed by atoms with Gasteiger partial charge in [0, 0.05) is 31.0 Å². The van der Waals surface area contributed by atoms with Crippen LogP contribution in [-0.4, -0.2) is 24.7 Å². The highest BCUT2D eigenvalue weighted by molar-refractivity contribution is 7.80. The predicted molar refractivity (Wildman–Crippen MR) is 81.1 cm³/mol. The molecule has 1 rings (SSSR count). The summed E-state index contributed by atoms with van der Waals surface area (Å²) >= 11 is 4.75. The van der Waals surface area contributed by atoms with Crippen LogP contribution in [0.25, 0.3) is 0 Å². The summed E-state index contributed by atoms with van der Waals surface area (Å²) in [4.78, 5) is 0.0751. The second-order valence-electron chi connectivity index (χ2n) is 4.81. The SMILES string of the molecule is CC(C)COCCCNc1ccc(C(N)=S)c(F)c1. The molecule has 3 nitrogen and oxygen atoms in total. The lowest BCUT2D eigenvalue weighted by Crippen LogP contribution is -2.12. The van der Waals surface area contributed by atoms with E-state index in [2.05, 4.69) is 19.2 Å². The molecule has 0 unspecified atom stereocenters. The number of halogens is 1. The van der Waals surface area contributed by atoms with Crippen molar-refractivity contribution < 1.29 is 9.13 Å². The highest BCUT2D eigenvalue weighted by Crippen LogP contribution is 2.14. The van der Waals surface area contributed by atoms with Crippen LogP contribution in [0.2, 0.25) is 0 Å². The van der Waals surface area contributed by atoms with Gasteiger partial charge < -0.3 is 15.8 Å². The standard InChI is InChI=1S/C14H21FN2OS/c1-10(2)9-18-7-3-6-17-11-4-5-12(14(16)19)13(15)8-11/h4-5,8,10,17H,3,6-7,9H2,1-2H3,(H2,16,19). The van der Waals surface area contributed by atoms with Crippen LogP contribution in [0.4, 0.5) is 10.1 Å². The van der Waals surface area contributed by atoms with Crippen LogP contribution in [0.1, 0.15) is 25.8 Å². The largest absolute Gasteiger partial charge is 0.389 e. The monoisotopic (exact) mass is 284 g/mol. The van der Waals surface area contributed by atoms with Crippen LogP contribution in [0.5, 0.6) is 0 Å². The van der Waals surface area contributed by atoms with Gasteiger partial charge >= 0.3 is 0 Å². The van der Waals surface area contributed by atoms with Gasteiger partial charge in [-0.05, 0) is 30.5 Å². The maximum absolute atomic E-state index is 13.6. The maximum atomic E-state index is 13.6. The number of rotatable bonds is 8. The molecule has 0 bridgehead atoms. The average molecular weight is 284 g/mol. The number of ether oxygens (including phenoxy) is 1. The smallest absolute Gasteiger partial charge is 0.135 e. The number of benzene rings is 1. The summed E-state index contributed by atoms with van der Waals surface area (Å²) in [5.74, 6) is 0.156. The van der Waals surface area contributed by atoms with Crippen LogP contribution < -0.4 is 11.1 Å². The van der Waals surface area contributed by atoms with Crippen molar-refractivity contribution in [3.05, 3.63) is 29.6 Å². The first-order chi connectivity index (χ1) is 9.00. The zero-order valence-electron chi connectivity index (χ0n) is 11.4. The van der Waals surface area contributed by atoms with Crippen LogP contribution in [0.15, 0.2) is 18.2 Å². The predicted octanol–water partition coefficient (Wildman–Crippen LogP) is 2.93. The molecule has 0 aliphatic carbocycles. The zero-order valence-corrected chi connectivity index (χ0v) is 12.2. The molecule has 0 aliphatic rings. The molecule has 1 aromatic rings. The van der Waals surface area contributed by atoms with Gasteiger partial charge in [0.05, 0.1) is 0 Å². The number of hydrogen-bond donors (Lipinski definition) is 2. The highest BCUT2D eigenvalue weighted by Gasteiger charge is 2.05. The summed E-state index contributed by atoms with van der Waals surface area (Å²) < 4.78 is 19.0. The molecule has 0 fully saturated rings. The van der Waals surface area contributed by atoms with Crippen LogP contribution in [0, 0.1) is 11.7 Å². The Balaban J connectivity index is 2.30. The second-order valence-corrected chi connectivity index (χ2v) is 5.25. The summed E-state index contributed by atoms with van der Waals surface area (Å²) in [6.45, 7) is 6.45. The quantitative estimate of drug-likeness (QED) is 0.569. The van der Waals surface area contributed by atoms with Gasteiger partial charge in [-0.1, -0.05) is 26.1 Å². The van der Waals surface area contributed by atoms with Gasteiger partial charge in [0.15, 0.2) is 0 Å². The molecule has 0 saturated heterocycles. The van der Waals surface area contributed by atoms with Gasteiger partial charge in [-0.15, -0.1) is 0 Å². The van der Waals surface area contributed by atoms with Gasteiger partial charge in [0.1, 0.15) is 10.8 Å². The van der Waals surface area contributed by atoms with Gasteiger partial charge in [-0.3, -0.25) is 0 Å². The minimum Gasteiger partial charge on any atom is -0.389 e. The van der Waals surface area contributed by atoms with Crippen molar-refractivity contribution in [3.8, 4) is 0 Å². The van der Waals surface area contributed by atoms with Crippen molar-refractivity contribution in [2.75, 3.05) is 25.1 Å². The van der Waals surface area contributed by atoms with E-state index in [9.17, 15) is 4.39 Å². The summed E-state index contributed by atoms with van der Waals surface area (Å²) in [6, 6.07) is 4.77. The molecule has 1 aromatic carbocycles. The van der Waals surface area contributed by atoms with Crippen molar-refractivity contribution >= 4 is 22.9 Å². The van der Waals surface area contributed by atoms with E-state index in [0.717, 1.165) is 25.3 Å². The third-order valence-electron chi connectivity index (χ3n) is 2.48. The molecule has 0 amide bonds. The molecule has 106 valence electrons. The Labute approximate surface area is 119 Å². The van der Waals surface area contributed by atoms with Crippen LogP contribution in [-0.2, 0) is 4.74 Å². The molecule has 3 N–H and O–H groups in total. The Kier molecular flexibility index (Phi) is 6.73. The van der Waals surface area contributed by atoms with E-state index in [4.69, 9.17) is 22.7 Å². The average Bonchev–Trinajstić information content (AvgIpc) is 2.32. The zero-order chi connectivity index (χ0) is 14.3. The Morgan fingerprint density at radius 3 is 2.79 bits per heavy atom. The maximum Gasteiger partial charge on any atom is 0.135 e. The fourth-order valence-corrected chi connectivity index (χ4v) is 1.72. The van der Waals surface area contributed by atoms with E-state index in [-0.39, 0.29) is 10.6 Å². The molecule has 19 heavy (non-hydrogen) atoms. The number of nitrogens with one attached hydrogen (secondary N) is 1. The number of hydrogen-bond acceptors (Lipinski definition) is 3. The summed E-state index contributed by atoms with van der Waals surface area (Å²) in [7, 11) is 0. The van der Waals surface area contributed by atoms with E-state index in [0.29, 0.717) is 12.5 Å². The van der Waals surface area contributed by atoms with E-state index >= 15 is 0 Å². The lowest BCUT2D eigenvalue weighted by molar-refractivity contribution is 0.110. The molecular weight excluding hydrogens is 263 g/mol. The van der Waals surface area contributed by atoms with Gasteiger partial charge in [0.25, 0.3) is 0 Å². The minimum atomic E-state index is -0.395. The minimum absolute atomic E-state index is 0.0751. The third kappa shape index (κ3) is 5.98. The van der Waals surface area contributed by atoms with Crippen molar-refractivity contribution in [3.63, 3.8) is 0 Å². The van der Waals surface area contributed by atoms with E-state index in [1.807, 2.05) is 0 Å². The Hall–Kier alpha value is -1.20. The summed E-state index contributed by atoms with van der Waals surface area (Å²) in [5, 5.41) is 3.14. The van der Waals surface area contributed by atoms with Gasteiger partial charge in [-0.2, -0.15) is 0 Å². The lowest BCUT2D eigenvalue weighted by atomic mass is 10.2. The topological polar surface area (TPSA) is 47.3 Å². The highest BCUT2D eigenvalue weighted by atomic mass is 32.1. The fraction of sp³-hybridized carbons (Fsp3) is 0.500. The Morgan fingerprint density at radius 1 is 1.47 bits per heavy atom. The van der Waals surface area contributed by atoms with E-state index in [1.54, 1.807) is 12.1 Å². The normalized spacial score (nSPS) is 10.7. The lowest BCUT2D eigenvalue weighted by Gasteiger charge is -2.09. The molecule has 5 heteroatoms. The Morgan fingerprint density at radius 2 is 2.21 bits per heavy atom. The third-order valence-corrected chi connectivity index (χ3v) is 2.70. The number of nitrogens with two attached hydrogens (primary N) is 1. The first-order valence-electron chi connectivity index (χ1n) is 6.41. The van der Waals surface area contributed by atoms with Crippen molar-refractivity contribution in [1.29, 1.82) is 0 Å². The molecule has 0 heterocycles. The molecule has 0 spiro atoms. The van der Waals surface area contributed by atoms with Crippen molar-refractivity contribution in [2.24, 2.45) is 11.7 Å². The van der Waals surface area contributed by atoms with E-state index < -0.39 is 5.82 Å². The molecule has 0 radical (unpaired) electrons. The van der Waals surface area contributed by atoms with Crippen molar-refractivity contribution in [2.45, 2.75) is 20.3 Å². The molecule has 0 saturated carbocycles. The van der Waals surface area contributed by atoms with Crippen molar-refractivity contribution in [1.82, 2.24) is 0 Å². The second kappa shape index (κ2) is 8.07. The van der Waals surface area contributed by atoms with Crippen LogP contribution in [0.3, 0.4) is 0 Å². The summed E-state index contributed by atoms with van der Waals surface area (Å²) in [5.41, 5.74) is 6.40. The fourth-order valence-electron chi connectivity index (χ4n) is 1.55. The molecular formula is C14H21FN2OS. The number of thiocarbonyl (C=S) groups is 1. The number of anilines is 1. The first-order valence-corrected chi connectivity index (χ1v) is 6.82. The molecule has 0 aromatic heterocycles. The molecule has 0 aliphatic heterocycles. The van der Waals surface area contributed by atoms with Crippen LogP contribution >= 0.6 is 12.2 Å². The van der Waals surface area contributed by atoms with Gasteiger partial charge in [-0.25, -0.2) is 4.39 Å². The first kappa shape index (κ1) is 15.9.